The lowest BCUT2D eigenvalue weighted by Crippen LogP contribution is -2.57. The van der Waals surface area contributed by atoms with Crippen LogP contribution in [0, 0.1) is 5.92 Å². The number of benzene rings is 2. The van der Waals surface area contributed by atoms with E-state index >= 15 is 0 Å². The fourth-order valence-corrected chi connectivity index (χ4v) is 5.79. The zero-order valence-electron chi connectivity index (χ0n) is 29.0. The Bertz CT molecular complexity index is 1500. The summed E-state index contributed by atoms with van der Waals surface area (Å²) >= 11 is 0. The third-order valence-corrected chi connectivity index (χ3v) is 8.51. The van der Waals surface area contributed by atoms with E-state index in [0.29, 0.717) is 50.2 Å². The molecule has 1 saturated heterocycles. The molecule has 49 heavy (non-hydrogen) atoms. The summed E-state index contributed by atoms with van der Waals surface area (Å²) in [5.74, 6) is -2.62. The van der Waals surface area contributed by atoms with Crippen LogP contribution in [0.15, 0.2) is 36.4 Å². The van der Waals surface area contributed by atoms with E-state index in [1.807, 2.05) is 44.2 Å². The molecule has 0 aromatic heterocycles. The lowest BCUT2D eigenvalue weighted by atomic mass is 10.0. The number of nitrogens with two attached hydrogens (primary N) is 1. The van der Waals surface area contributed by atoms with Crippen molar-refractivity contribution < 1.29 is 38.2 Å². The molecule has 2 aromatic carbocycles. The molecule has 0 spiro atoms. The zero-order valence-corrected chi connectivity index (χ0v) is 29.0. The minimum absolute atomic E-state index is 0.135. The highest BCUT2D eigenvalue weighted by atomic mass is 16.5. The van der Waals surface area contributed by atoms with Gasteiger partial charge < -0.3 is 41.4 Å². The van der Waals surface area contributed by atoms with Gasteiger partial charge >= 0.3 is 5.97 Å². The highest BCUT2D eigenvalue weighted by Gasteiger charge is 2.38. The number of esters is 1. The Labute approximate surface area is 287 Å². The number of anilines is 1. The highest BCUT2D eigenvalue weighted by Crippen LogP contribution is 2.30. The summed E-state index contributed by atoms with van der Waals surface area (Å²) in [6, 6.07) is 7.51. The molecule has 4 atom stereocenters. The Balaban J connectivity index is 1.65. The maximum absolute atomic E-state index is 13.6. The van der Waals surface area contributed by atoms with Crippen LogP contribution in [0.4, 0.5) is 5.69 Å². The van der Waals surface area contributed by atoms with Crippen molar-refractivity contribution in [1.29, 1.82) is 0 Å². The van der Waals surface area contributed by atoms with Gasteiger partial charge in [0.1, 0.15) is 29.9 Å². The summed E-state index contributed by atoms with van der Waals surface area (Å²) in [4.78, 5) is 79.1. The molecule has 4 unspecified atom stereocenters. The van der Waals surface area contributed by atoms with E-state index in [0.717, 1.165) is 10.8 Å². The van der Waals surface area contributed by atoms with Gasteiger partial charge in [-0.2, -0.15) is 0 Å². The van der Waals surface area contributed by atoms with Gasteiger partial charge in [0.15, 0.2) is 0 Å². The van der Waals surface area contributed by atoms with Crippen LogP contribution in [0.25, 0.3) is 10.8 Å². The van der Waals surface area contributed by atoms with Gasteiger partial charge in [0.2, 0.25) is 29.5 Å². The van der Waals surface area contributed by atoms with Crippen molar-refractivity contribution in [3.8, 4) is 5.75 Å². The summed E-state index contributed by atoms with van der Waals surface area (Å²) in [6.07, 6.45) is 2.15. The summed E-state index contributed by atoms with van der Waals surface area (Å²) in [6.45, 7) is 5.87. The molecular formula is C35H50N6O8. The first-order valence-corrected chi connectivity index (χ1v) is 16.7. The Kier molecular flexibility index (Phi) is 14.8. The van der Waals surface area contributed by atoms with Crippen LogP contribution in [0.1, 0.15) is 65.7 Å². The van der Waals surface area contributed by atoms with Crippen molar-refractivity contribution in [2.75, 3.05) is 32.6 Å². The average molecular weight is 683 g/mol. The molecule has 1 heterocycles. The van der Waals surface area contributed by atoms with Gasteiger partial charge in [-0.15, -0.1) is 0 Å². The van der Waals surface area contributed by atoms with E-state index in [-0.39, 0.29) is 25.2 Å². The number of ether oxygens (including phenoxy) is 2. The maximum atomic E-state index is 13.6. The Morgan fingerprint density at radius 1 is 0.939 bits per heavy atom. The van der Waals surface area contributed by atoms with Crippen molar-refractivity contribution in [3.05, 3.63) is 36.4 Å². The van der Waals surface area contributed by atoms with Crippen LogP contribution in [0.3, 0.4) is 0 Å². The molecule has 0 saturated carbocycles. The van der Waals surface area contributed by atoms with E-state index in [2.05, 4.69) is 26.0 Å². The van der Waals surface area contributed by atoms with Crippen LogP contribution in [-0.4, -0.2) is 91.9 Å². The number of methoxy groups -OCH3 is 2. The van der Waals surface area contributed by atoms with Gasteiger partial charge in [0.25, 0.3) is 0 Å². The number of likely N-dealkylation sites (tertiary alicyclic amines) is 1. The molecule has 14 nitrogen and oxygen atoms in total. The molecule has 0 radical (unpaired) electrons. The second kappa shape index (κ2) is 18.7. The highest BCUT2D eigenvalue weighted by molar-refractivity contribution is 6.01. The fourth-order valence-electron chi connectivity index (χ4n) is 5.79. The standard InChI is InChI=1S/C35H50N6O8/c1-21(2)31(34(46)38-24-19-23-11-6-7-12-25(23)28(20-24)48-4)40-33(45)27-14-10-18-41(27)35(47)22(3)37-32(44)26(13-8-9-17-36)39-29(42)15-16-30(43)49-5/h6-7,11-12,19-22,26-27,31H,8-10,13-18,36H2,1-5H3,(H,37,44)(H,38,46)(H,39,42)(H,40,45). The number of nitrogens with zero attached hydrogens (tertiary/aromatic N) is 1. The number of carbonyl (C=O) groups is 6. The minimum atomic E-state index is -1.00. The van der Waals surface area contributed by atoms with Gasteiger partial charge in [0, 0.05) is 30.1 Å². The third kappa shape index (κ3) is 10.9. The zero-order chi connectivity index (χ0) is 36.1. The predicted octanol–water partition coefficient (Wildman–Crippen LogP) is 1.99. The van der Waals surface area contributed by atoms with Gasteiger partial charge in [-0.25, -0.2) is 0 Å². The van der Waals surface area contributed by atoms with Crippen molar-refractivity contribution in [2.45, 2.75) is 89.9 Å². The molecule has 6 N–H and O–H groups in total. The van der Waals surface area contributed by atoms with Crippen molar-refractivity contribution in [1.82, 2.24) is 20.9 Å². The predicted molar refractivity (Wildman–Crippen MR) is 184 cm³/mol. The van der Waals surface area contributed by atoms with Gasteiger partial charge in [-0.05, 0) is 62.9 Å². The number of carbonyl (C=O) groups excluding carboxylic acids is 6. The smallest absolute Gasteiger partial charge is 0.306 e. The third-order valence-electron chi connectivity index (χ3n) is 8.51. The first kappa shape index (κ1) is 38.7. The van der Waals surface area contributed by atoms with Crippen molar-refractivity contribution >= 4 is 52.0 Å². The molecule has 1 fully saturated rings. The van der Waals surface area contributed by atoms with Crippen LogP contribution in [0.2, 0.25) is 0 Å². The topological polar surface area (TPSA) is 198 Å². The van der Waals surface area contributed by atoms with Crippen molar-refractivity contribution in [3.63, 3.8) is 0 Å². The second-order valence-corrected chi connectivity index (χ2v) is 12.5. The average Bonchev–Trinajstić information content (AvgIpc) is 3.58. The van der Waals surface area contributed by atoms with Crippen LogP contribution >= 0.6 is 0 Å². The fraction of sp³-hybridized carbons (Fsp3) is 0.543. The quantitative estimate of drug-likeness (QED) is 0.122. The molecule has 3 rings (SSSR count). The molecule has 268 valence electrons. The number of hydrogen-bond donors (Lipinski definition) is 5. The summed E-state index contributed by atoms with van der Waals surface area (Å²) < 4.78 is 10.1. The van der Waals surface area contributed by atoms with E-state index in [1.165, 1.54) is 18.9 Å². The largest absolute Gasteiger partial charge is 0.496 e. The Morgan fingerprint density at radius 3 is 2.35 bits per heavy atom. The summed E-state index contributed by atoms with van der Waals surface area (Å²) in [5.41, 5.74) is 6.11. The van der Waals surface area contributed by atoms with E-state index in [4.69, 9.17) is 10.5 Å². The van der Waals surface area contributed by atoms with E-state index < -0.39 is 59.7 Å². The molecule has 1 aliphatic heterocycles. The number of fused-ring (bicyclic) bond motifs is 1. The van der Waals surface area contributed by atoms with Crippen LogP contribution in [-0.2, 0) is 33.5 Å². The van der Waals surface area contributed by atoms with Gasteiger partial charge in [-0.1, -0.05) is 38.1 Å². The maximum Gasteiger partial charge on any atom is 0.306 e. The molecule has 0 bridgehead atoms. The monoisotopic (exact) mass is 682 g/mol. The molecule has 2 aromatic rings. The van der Waals surface area contributed by atoms with E-state index in [1.54, 1.807) is 13.2 Å². The molecule has 5 amide bonds. The number of hydrogen-bond acceptors (Lipinski definition) is 9. The summed E-state index contributed by atoms with van der Waals surface area (Å²) in [5, 5.41) is 12.8. The molecular weight excluding hydrogens is 632 g/mol. The minimum Gasteiger partial charge on any atom is -0.496 e. The Morgan fingerprint density at radius 2 is 1.67 bits per heavy atom. The number of unbranched alkanes of at least 4 members (excludes halogenated alkanes) is 1. The second-order valence-electron chi connectivity index (χ2n) is 12.5. The molecule has 0 aliphatic carbocycles. The summed E-state index contributed by atoms with van der Waals surface area (Å²) in [7, 11) is 2.78. The number of rotatable bonds is 17. The Hall–Kier alpha value is -4.72. The number of nitrogens with one attached hydrogen (secondary N) is 4. The van der Waals surface area contributed by atoms with Gasteiger partial charge in [0.05, 0.1) is 20.6 Å². The van der Waals surface area contributed by atoms with Crippen LogP contribution < -0.4 is 31.7 Å². The number of amides is 5. The normalized spacial score (nSPS) is 16.0. The van der Waals surface area contributed by atoms with Crippen molar-refractivity contribution in [2.24, 2.45) is 11.7 Å². The SMILES string of the molecule is COC(=O)CCC(=O)NC(CCCCN)C(=O)NC(C)C(=O)N1CCCC1C(=O)NC(C(=O)Nc1cc(OC)c2ccccc2c1)C(C)C. The molecule has 1 aliphatic rings. The molecule has 14 heteroatoms. The first-order chi connectivity index (χ1) is 23.4. The van der Waals surface area contributed by atoms with Gasteiger partial charge in [-0.3, -0.25) is 28.8 Å². The first-order valence-electron chi connectivity index (χ1n) is 16.7. The van der Waals surface area contributed by atoms with Crippen LogP contribution in [0.5, 0.6) is 5.75 Å². The van der Waals surface area contributed by atoms with E-state index in [9.17, 15) is 28.8 Å². The lowest BCUT2D eigenvalue weighted by molar-refractivity contribution is -0.142. The lowest BCUT2D eigenvalue weighted by Gasteiger charge is -2.30.